The molecule has 1 aliphatic rings. The van der Waals surface area contributed by atoms with E-state index in [9.17, 15) is 4.79 Å². The summed E-state index contributed by atoms with van der Waals surface area (Å²) in [7, 11) is 0. The Hall–Kier alpha value is -4.48. The molecule has 0 spiro atoms. The van der Waals surface area contributed by atoms with Crippen molar-refractivity contribution in [1.82, 2.24) is 20.3 Å². The molecule has 0 atom stereocenters. The van der Waals surface area contributed by atoms with E-state index in [-0.39, 0.29) is 0 Å². The summed E-state index contributed by atoms with van der Waals surface area (Å²) in [6.45, 7) is 4.01. The Balaban J connectivity index is 1.41. The van der Waals surface area contributed by atoms with Crippen LogP contribution in [0, 0.1) is 12.3 Å². The first-order valence-corrected chi connectivity index (χ1v) is 11.0. The molecule has 0 bridgehead atoms. The van der Waals surface area contributed by atoms with Crippen LogP contribution in [0.2, 0.25) is 0 Å². The number of benzene rings is 2. The van der Waals surface area contributed by atoms with Gasteiger partial charge in [-0.05, 0) is 48.4 Å². The van der Waals surface area contributed by atoms with Gasteiger partial charge in [-0.25, -0.2) is 9.97 Å². The Morgan fingerprint density at radius 2 is 1.85 bits per heavy atom. The molecule has 2 aromatic heterocycles. The maximum absolute atomic E-state index is 11.6. The summed E-state index contributed by atoms with van der Waals surface area (Å²) in [5.41, 5.74) is 4.91. The number of piperazine rings is 1. The van der Waals surface area contributed by atoms with Crippen LogP contribution in [0.3, 0.4) is 0 Å². The number of nitrogens with one attached hydrogen (secondary N) is 3. The quantitative estimate of drug-likeness (QED) is 0.402. The van der Waals surface area contributed by atoms with Crippen molar-refractivity contribution in [3.8, 4) is 23.6 Å². The molecular weight excluding hydrogens is 426 g/mol. The Morgan fingerprint density at radius 3 is 2.65 bits per heavy atom. The zero-order chi connectivity index (χ0) is 23.3. The van der Waals surface area contributed by atoms with Crippen molar-refractivity contribution in [1.29, 1.82) is 0 Å². The number of amides is 1. The number of anilines is 4. The molecule has 5 rings (SSSR count). The number of carbonyl (C=O) groups excluding carboxylic acids is 1. The van der Waals surface area contributed by atoms with Gasteiger partial charge in [-0.3, -0.25) is 9.78 Å². The lowest BCUT2D eigenvalue weighted by molar-refractivity contribution is -0.111. The fraction of sp³-hybridized carbons (Fsp3) is 0.154. The van der Waals surface area contributed by atoms with Crippen molar-refractivity contribution in [2.45, 2.75) is 0 Å². The molecule has 8 heteroatoms. The van der Waals surface area contributed by atoms with Crippen LogP contribution in [0.1, 0.15) is 0 Å². The third-order valence-electron chi connectivity index (χ3n) is 5.63. The Labute approximate surface area is 197 Å². The van der Waals surface area contributed by atoms with Crippen LogP contribution in [-0.2, 0) is 4.79 Å². The SMILES string of the molecule is C#CC(=O)Nc1cccc(-c2nccc3cnc(Nc4ccc(N5CCNCC5)cc4)nc23)c1. The van der Waals surface area contributed by atoms with E-state index in [4.69, 9.17) is 11.4 Å². The van der Waals surface area contributed by atoms with Gasteiger partial charge in [0.2, 0.25) is 5.95 Å². The summed E-state index contributed by atoms with van der Waals surface area (Å²) in [5.74, 6) is 2.03. The second-order valence-corrected chi connectivity index (χ2v) is 7.88. The molecule has 0 unspecified atom stereocenters. The number of carbonyl (C=O) groups is 1. The average molecular weight is 450 g/mol. The summed E-state index contributed by atoms with van der Waals surface area (Å²) in [6, 6.07) is 17.5. The molecule has 0 radical (unpaired) electrons. The fourth-order valence-electron chi connectivity index (χ4n) is 3.95. The predicted octanol–water partition coefficient (Wildman–Crippen LogP) is 3.42. The number of hydrogen-bond donors (Lipinski definition) is 3. The first-order chi connectivity index (χ1) is 16.7. The lowest BCUT2D eigenvalue weighted by atomic mass is 10.1. The van der Waals surface area contributed by atoms with E-state index in [1.807, 2.05) is 36.4 Å². The van der Waals surface area contributed by atoms with E-state index in [1.54, 1.807) is 18.5 Å². The third kappa shape index (κ3) is 4.65. The molecule has 4 aromatic rings. The molecule has 3 N–H and O–H groups in total. The van der Waals surface area contributed by atoms with Gasteiger partial charge >= 0.3 is 0 Å². The van der Waals surface area contributed by atoms with Crippen molar-refractivity contribution >= 4 is 39.8 Å². The van der Waals surface area contributed by atoms with E-state index in [1.165, 1.54) is 5.69 Å². The van der Waals surface area contributed by atoms with Gasteiger partial charge in [-0.2, -0.15) is 0 Å². The smallest absolute Gasteiger partial charge is 0.300 e. The number of nitrogens with zero attached hydrogens (tertiary/aromatic N) is 4. The number of pyridine rings is 1. The minimum atomic E-state index is -0.500. The summed E-state index contributed by atoms with van der Waals surface area (Å²) >= 11 is 0. The molecule has 2 aromatic carbocycles. The zero-order valence-corrected chi connectivity index (χ0v) is 18.5. The monoisotopic (exact) mass is 449 g/mol. The molecule has 1 amide bonds. The van der Waals surface area contributed by atoms with Crippen LogP contribution in [0.15, 0.2) is 67.0 Å². The predicted molar refractivity (Wildman–Crippen MR) is 135 cm³/mol. The first-order valence-electron chi connectivity index (χ1n) is 11.0. The van der Waals surface area contributed by atoms with Gasteiger partial charge in [-0.15, -0.1) is 6.42 Å². The Morgan fingerprint density at radius 1 is 1.03 bits per heavy atom. The number of aromatic nitrogens is 3. The van der Waals surface area contributed by atoms with Crippen LogP contribution >= 0.6 is 0 Å². The van der Waals surface area contributed by atoms with E-state index < -0.39 is 5.91 Å². The molecule has 1 saturated heterocycles. The Kier molecular flexibility index (Phi) is 6.01. The van der Waals surface area contributed by atoms with Crippen LogP contribution in [-0.4, -0.2) is 47.0 Å². The molecule has 1 aliphatic heterocycles. The number of fused-ring (bicyclic) bond motifs is 1. The van der Waals surface area contributed by atoms with Crippen LogP contribution in [0.5, 0.6) is 0 Å². The number of terminal acetylenes is 1. The van der Waals surface area contributed by atoms with Crippen molar-refractivity contribution < 1.29 is 4.79 Å². The maximum Gasteiger partial charge on any atom is 0.300 e. The minimum Gasteiger partial charge on any atom is -0.369 e. The van der Waals surface area contributed by atoms with Crippen molar-refractivity contribution in [3.63, 3.8) is 0 Å². The maximum atomic E-state index is 11.6. The van der Waals surface area contributed by atoms with Gasteiger partial charge in [0.05, 0.1) is 5.69 Å². The third-order valence-corrected chi connectivity index (χ3v) is 5.63. The van der Waals surface area contributed by atoms with E-state index in [0.29, 0.717) is 22.8 Å². The lowest BCUT2D eigenvalue weighted by Gasteiger charge is -2.29. The van der Waals surface area contributed by atoms with Crippen LogP contribution in [0.25, 0.3) is 22.2 Å². The Bertz CT molecular complexity index is 1370. The summed E-state index contributed by atoms with van der Waals surface area (Å²) < 4.78 is 0. The second-order valence-electron chi connectivity index (χ2n) is 7.88. The standard InChI is InChI=1S/C26H23N7O/c1-2-23(34)30-21-5-3-4-18(16-21)24-25-19(10-11-28-24)17-29-26(32-25)31-20-6-8-22(9-7-20)33-14-12-27-13-15-33/h1,3-11,16-17,27H,12-15H2,(H,30,34)(H,29,31,32). The molecular formula is C26H23N7O. The van der Waals surface area contributed by atoms with E-state index >= 15 is 0 Å². The molecule has 0 saturated carbocycles. The van der Waals surface area contributed by atoms with Crippen molar-refractivity contribution in [2.24, 2.45) is 0 Å². The zero-order valence-electron chi connectivity index (χ0n) is 18.5. The van der Waals surface area contributed by atoms with Crippen LogP contribution in [0.4, 0.5) is 23.0 Å². The van der Waals surface area contributed by atoms with Crippen molar-refractivity contribution in [2.75, 3.05) is 41.7 Å². The summed E-state index contributed by atoms with van der Waals surface area (Å²) in [5, 5.41) is 10.2. The topological polar surface area (TPSA) is 95.1 Å². The van der Waals surface area contributed by atoms with Crippen molar-refractivity contribution in [3.05, 3.63) is 67.0 Å². The van der Waals surface area contributed by atoms with Gasteiger partial charge < -0.3 is 20.9 Å². The highest BCUT2D eigenvalue weighted by Crippen LogP contribution is 2.28. The normalized spacial score (nSPS) is 13.3. The molecule has 168 valence electrons. The molecule has 3 heterocycles. The summed E-state index contributed by atoms with van der Waals surface area (Å²) in [6.07, 6.45) is 8.66. The highest BCUT2D eigenvalue weighted by atomic mass is 16.1. The largest absolute Gasteiger partial charge is 0.369 e. The fourth-order valence-corrected chi connectivity index (χ4v) is 3.95. The van der Waals surface area contributed by atoms with Gasteiger partial charge in [-0.1, -0.05) is 12.1 Å². The van der Waals surface area contributed by atoms with Gasteiger partial charge in [0.25, 0.3) is 5.91 Å². The van der Waals surface area contributed by atoms with Gasteiger partial charge in [0.1, 0.15) is 5.52 Å². The number of hydrogen-bond acceptors (Lipinski definition) is 7. The lowest BCUT2D eigenvalue weighted by Crippen LogP contribution is -2.43. The van der Waals surface area contributed by atoms with Gasteiger partial charge in [0, 0.05) is 66.6 Å². The summed E-state index contributed by atoms with van der Waals surface area (Å²) in [4.78, 5) is 27.7. The molecule has 0 aliphatic carbocycles. The number of rotatable bonds is 5. The minimum absolute atomic E-state index is 0.480. The van der Waals surface area contributed by atoms with Gasteiger partial charge in [0.15, 0.2) is 0 Å². The average Bonchev–Trinajstić information content (AvgIpc) is 2.89. The molecule has 1 fully saturated rings. The van der Waals surface area contributed by atoms with Crippen LogP contribution < -0.4 is 20.9 Å². The van der Waals surface area contributed by atoms with E-state index in [2.05, 4.69) is 48.9 Å². The second kappa shape index (κ2) is 9.57. The molecule has 8 nitrogen and oxygen atoms in total. The molecule has 34 heavy (non-hydrogen) atoms. The highest BCUT2D eigenvalue weighted by Gasteiger charge is 2.12. The van der Waals surface area contributed by atoms with E-state index in [0.717, 1.165) is 42.8 Å². The highest BCUT2D eigenvalue weighted by molar-refractivity contribution is 6.04. The first kappa shape index (κ1) is 21.4.